The van der Waals surface area contributed by atoms with Crippen molar-refractivity contribution in [2.75, 3.05) is 66.1 Å². The van der Waals surface area contributed by atoms with Crippen LogP contribution in [-0.2, 0) is 19.1 Å². The normalized spacial score (nSPS) is 22.3. The highest BCUT2D eigenvalue weighted by Crippen LogP contribution is 2.20. The van der Waals surface area contributed by atoms with Gasteiger partial charge in [-0.25, -0.2) is 0 Å². The first-order valence-corrected chi connectivity index (χ1v) is 13.8. The number of piperazine rings is 1. The van der Waals surface area contributed by atoms with E-state index in [0.29, 0.717) is 50.6 Å². The standard InChI is InChI=1S/C28H43N5O6/c1-5-32-18-25(34)29-23(20(2)3)19-39-24-9-7-6-8-21(24)27(36)30-22(10-11-26(32)35)28(37)33-14-12-31(13-15-33)16-17-38-4/h6-9,20,22-23H,5,10-19H2,1-4H3,(H,29,34)(H,30,36)/t22-,23+/m0/s1. The van der Waals surface area contributed by atoms with Crippen LogP contribution in [0, 0.1) is 5.92 Å². The molecule has 2 heterocycles. The summed E-state index contributed by atoms with van der Waals surface area (Å²) in [6, 6.07) is 5.64. The highest BCUT2D eigenvalue weighted by Gasteiger charge is 2.31. The lowest BCUT2D eigenvalue weighted by molar-refractivity contribution is -0.138. The Labute approximate surface area is 231 Å². The SMILES string of the molecule is CCN1CC(=O)N[C@@H](C(C)C)COc2ccccc2C(=O)N[C@H](C(=O)N2CCN(CCOC)CC2)CCC1=O. The predicted octanol–water partition coefficient (Wildman–Crippen LogP) is 0.738. The van der Waals surface area contributed by atoms with E-state index >= 15 is 0 Å². The molecular formula is C28H43N5O6. The van der Waals surface area contributed by atoms with Gasteiger partial charge in [0.25, 0.3) is 5.91 Å². The van der Waals surface area contributed by atoms with Gasteiger partial charge in [0.05, 0.1) is 24.8 Å². The van der Waals surface area contributed by atoms with E-state index < -0.39 is 11.9 Å². The summed E-state index contributed by atoms with van der Waals surface area (Å²) in [6.07, 6.45) is 0.153. The number of para-hydroxylation sites is 1. The van der Waals surface area contributed by atoms with Gasteiger partial charge in [-0.1, -0.05) is 26.0 Å². The Balaban J connectivity index is 1.84. The zero-order valence-corrected chi connectivity index (χ0v) is 23.6. The van der Waals surface area contributed by atoms with Gasteiger partial charge in [-0.2, -0.15) is 0 Å². The van der Waals surface area contributed by atoms with Crippen LogP contribution >= 0.6 is 0 Å². The molecular weight excluding hydrogens is 502 g/mol. The quantitative estimate of drug-likeness (QED) is 0.541. The molecule has 1 fully saturated rings. The molecule has 2 atom stereocenters. The number of rotatable bonds is 6. The highest BCUT2D eigenvalue weighted by molar-refractivity contribution is 5.99. The number of likely N-dealkylation sites (N-methyl/N-ethyl adjacent to an activating group) is 1. The van der Waals surface area contributed by atoms with E-state index in [1.807, 2.05) is 20.8 Å². The number of fused-ring (bicyclic) bond motifs is 1. The second-order valence-electron chi connectivity index (χ2n) is 10.4. The first-order valence-electron chi connectivity index (χ1n) is 13.8. The third-order valence-corrected chi connectivity index (χ3v) is 7.32. The molecule has 1 saturated heterocycles. The van der Waals surface area contributed by atoms with E-state index in [2.05, 4.69) is 15.5 Å². The number of hydrogen-bond acceptors (Lipinski definition) is 7. The number of ether oxygens (including phenoxy) is 2. The average molecular weight is 546 g/mol. The van der Waals surface area contributed by atoms with Gasteiger partial charge < -0.3 is 29.9 Å². The number of hydrogen-bond donors (Lipinski definition) is 2. The van der Waals surface area contributed by atoms with Crippen molar-refractivity contribution in [1.29, 1.82) is 0 Å². The fraction of sp³-hybridized carbons (Fsp3) is 0.643. The van der Waals surface area contributed by atoms with Gasteiger partial charge in [0.1, 0.15) is 18.4 Å². The predicted molar refractivity (Wildman–Crippen MR) is 146 cm³/mol. The summed E-state index contributed by atoms with van der Waals surface area (Å²) in [6.45, 7) is 10.1. The molecule has 216 valence electrons. The minimum atomic E-state index is -0.888. The molecule has 0 aromatic heterocycles. The lowest BCUT2D eigenvalue weighted by atomic mass is 10.1. The molecule has 0 radical (unpaired) electrons. The molecule has 2 aliphatic heterocycles. The molecule has 11 heteroatoms. The summed E-state index contributed by atoms with van der Waals surface area (Å²) in [5.41, 5.74) is 0.296. The highest BCUT2D eigenvalue weighted by atomic mass is 16.5. The summed E-state index contributed by atoms with van der Waals surface area (Å²) < 4.78 is 11.2. The van der Waals surface area contributed by atoms with Gasteiger partial charge in [-0.3, -0.25) is 24.1 Å². The fourth-order valence-corrected chi connectivity index (χ4v) is 4.71. The van der Waals surface area contributed by atoms with E-state index in [1.165, 1.54) is 4.90 Å². The zero-order valence-electron chi connectivity index (χ0n) is 23.6. The summed E-state index contributed by atoms with van der Waals surface area (Å²) in [5, 5.41) is 5.85. The van der Waals surface area contributed by atoms with Crippen LogP contribution in [0.15, 0.2) is 24.3 Å². The van der Waals surface area contributed by atoms with Crippen molar-refractivity contribution in [3.8, 4) is 5.75 Å². The second-order valence-corrected chi connectivity index (χ2v) is 10.4. The summed E-state index contributed by atoms with van der Waals surface area (Å²) in [4.78, 5) is 58.4. The lowest BCUT2D eigenvalue weighted by Gasteiger charge is -2.36. The zero-order chi connectivity index (χ0) is 28.4. The van der Waals surface area contributed by atoms with Gasteiger partial charge in [0, 0.05) is 52.8 Å². The molecule has 0 aliphatic carbocycles. The van der Waals surface area contributed by atoms with Crippen LogP contribution in [0.3, 0.4) is 0 Å². The topological polar surface area (TPSA) is 121 Å². The Morgan fingerprint density at radius 1 is 1.10 bits per heavy atom. The van der Waals surface area contributed by atoms with Crippen molar-refractivity contribution in [3.63, 3.8) is 0 Å². The van der Waals surface area contributed by atoms with E-state index in [9.17, 15) is 19.2 Å². The van der Waals surface area contributed by atoms with Crippen LogP contribution in [0.4, 0.5) is 0 Å². The van der Waals surface area contributed by atoms with Crippen LogP contribution in [0.1, 0.15) is 44.0 Å². The maximum atomic E-state index is 13.6. The smallest absolute Gasteiger partial charge is 0.255 e. The molecule has 0 saturated carbocycles. The maximum Gasteiger partial charge on any atom is 0.255 e. The van der Waals surface area contributed by atoms with Crippen molar-refractivity contribution in [2.24, 2.45) is 5.92 Å². The largest absolute Gasteiger partial charge is 0.491 e. The Morgan fingerprint density at radius 2 is 1.82 bits per heavy atom. The average Bonchev–Trinajstić information content (AvgIpc) is 2.94. The Morgan fingerprint density at radius 3 is 2.49 bits per heavy atom. The summed E-state index contributed by atoms with van der Waals surface area (Å²) in [7, 11) is 1.66. The molecule has 11 nitrogen and oxygen atoms in total. The van der Waals surface area contributed by atoms with Gasteiger partial charge >= 0.3 is 0 Å². The van der Waals surface area contributed by atoms with Crippen LogP contribution in [0.5, 0.6) is 5.75 Å². The van der Waals surface area contributed by atoms with Crippen LogP contribution in [-0.4, -0.2) is 117 Å². The van der Waals surface area contributed by atoms with Gasteiger partial charge in [-0.15, -0.1) is 0 Å². The number of nitrogens with zero attached hydrogens (tertiary/aromatic N) is 3. The van der Waals surface area contributed by atoms with Gasteiger partial charge in [-0.05, 0) is 31.4 Å². The van der Waals surface area contributed by atoms with Crippen LogP contribution in [0.2, 0.25) is 0 Å². The number of amides is 4. The van der Waals surface area contributed by atoms with Gasteiger partial charge in [0.15, 0.2) is 0 Å². The van der Waals surface area contributed by atoms with Crippen molar-refractivity contribution in [3.05, 3.63) is 29.8 Å². The minimum absolute atomic E-state index is 0.0252. The molecule has 1 aromatic rings. The third kappa shape index (κ3) is 8.66. The number of benzene rings is 1. The number of carbonyl (C=O) groups is 4. The lowest BCUT2D eigenvalue weighted by Crippen LogP contribution is -2.55. The molecule has 4 amide bonds. The van der Waals surface area contributed by atoms with Crippen molar-refractivity contribution in [2.45, 2.75) is 45.7 Å². The molecule has 1 aromatic carbocycles. The van der Waals surface area contributed by atoms with E-state index in [4.69, 9.17) is 9.47 Å². The first kappa shape index (κ1) is 30.4. The molecule has 39 heavy (non-hydrogen) atoms. The Hall–Kier alpha value is -3.18. The van der Waals surface area contributed by atoms with Crippen LogP contribution in [0.25, 0.3) is 0 Å². The van der Waals surface area contributed by atoms with Crippen molar-refractivity contribution < 1.29 is 28.7 Å². The summed E-state index contributed by atoms with van der Waals surface area (Å²) in [5.74, 6) is -0.740. The van der Waals surface area contributed by atoms with Crippen molar-refractivity contribution in [1.82, 2.24) is 25.3 Å². The molecule has 0 spiro atoms. The van der Waals surface area contributed by atoms with Crippen LogP contribution < -0.4 is 15.4 Å². The molecule has 2 N–H and O–H groups in total. The molecule has 3 rings (SSSR count). The van der Waals surface area contributed by atoms with Gasteiger partial charge in [0.2, 0.25) is 17.7 Å². The Kier molecular flexibility index (Phi) is 11.5. The number of nitrogens with one attached hydrogen (secondary N) is 2. The monoisotopic (exact) mass is 545 g/mol. The maximum absolute atomic E-state index is 13.6. The summed E-state index contributed by atoms with van der Waals surface area (Å²) >= 11 is 0. The number of methoxy groups -OCH3 is 1. The molecule has 0 unspecified atom stereocenters. The second kappa shape index (κ2) is 14.8. The third-order valence-electron chi connectivity index (χ3n) is 7.32. The molecule has 2 aliphatic rings. The van der Waals surface area contributed by atoms with E-state index in [-0.39, 0.29) is 55.7 Å². The molecule has 0 bridgehead atoms. The van der Waals surface area contributed by atoms with E-state index in [0.717, 1.165) is 6.54 Å². The minimum Gasteiger partial charge on any atom is -0.491 e. The first-order chi connectivity index (χ1) is 18.7. The Bertz CT molecular complexity index is 994. The van der Waals surface area contributed by atoms with Crippen molar-refractivity contribution >= 4 is 23.6 Å². The van der Waals surface area contributed by atoms with E-state index in [1.54, 1.807) is 36.3 Å². The fourth-order valence-electron chi connectivity index (χ4n) is 4.71. The number of carbonyl (C=O) groups excluding carboxylic acids is 4.